The SMILES string of the molecule is NCCc1cn2nc(N3CCCCC3)ccc2n1. The molecular formula is C13H19N5. The molecule has 1 aliphatic rings. The minimum absolute atomic E-state index is 0.628. The van der Waals surface area contributed by atoms with Gasteiger partial charge in [-0.3, -0.25) is 0 Å². The van der Waals surface area contributed by atoms with Gasteiger partial charge in [-0.2, -0.15) is 0 Å². The lowest BCUT2D eigenvalue weighted by molar-refractivity contribution is 0.570. The minimum Gasteiger partial charge on any atom is -0.355 e. The van der Waals surface area contributed by atoms with Crippen molar-refractivity contribution in [2.75, 3.05) is 24.5 Å². The molecule has 2 aromatic rings. The number of rotatable bonds is 3. The molecule has 5 nitrogen and oxygen atoms in total. The number of fused-ring (bicyclic) bond motifs is 1. The summed E-state index contributed by atoms with van der Waals surface area (Å²) in [5.74, 6) is 1.05. The lowest BCUT2D eigenvalue weighted by Crippen LogP contribution is -2.30. The fraction of sp³-hybridized carbons (Fsp3) is 0.538. The molecular weight excluding hydrogens is 226 g/mol. The van der Waals surface area contributed by atoms with Crippen molar-refractivity contribution >= 4 is 11.5 Å². The van der Waals surface area contributed by atoms with Crippen molar-refractivity contribution in [3.05, 3.63) is 24.0 Å². The summed E-state index contributed by atoms with van der Waals surface area (Å²) in [4.78, 5) is 6.84. The van der Waals surface area contributed by atoms with Crippen LogP contribution in [0.5, 0.6) is 0 Å². The first-order valence-electron chi connectivity index (χ1n) is 6.67. The van der Waals surface area contributed by atoms with Crippen LogP contribution in [0.2, 0.25) is 0 Å². The van der Waals surface area contributed by atoms with Crippen LogP contribution in [0, 0.1) is 0 Å². The molecule has 1 fully saturated rings. The van der Waals surface area contributed by atoms with Gasteiger partial charge >= 0.3 is 0 Å². The number of nitrogens with zero attached hydrogens (tertiary/aromatic N) is 4. The molecule has 96 valence electrons. The second-order valence-corrected chi connectivity index (χ2v) is 4.81. The predicted octanol–water partition coefficient (Wildman–Crippen LogP) is 1.22. The molecule has 2 aromatic heterocycles. The van der Waals surface area contributed by atoms with Gasteiger partial charge in [0.1, 0.15) is 5.82 Å². The van der Waals surface area contributed by atoms with Crippen LogP contribution in [0.4, 0.5) is 5.82 Å². The molecule has 0 atom stereocenters. The summed E-state index contributed by atoms with van der Waals surface area (Å²) in [6.07, 6.45) is 6.66. The largest absolute Gasteiger partial charge is 0.355 e. The van der Waals surface area contributed by atoms with Gasteiger partial charge in [-0.25, -0.2) is 9.50 Å². The highest BCUT2D eigenvalue weighted by Gasteiger charge is 2.13. The van der Waals surface area contributed by atoms with Crippen molar-refractivity contribution in [3.8, 4) is 0 Å². The number of imidazole rings is 1. The summed E-state index contributed by atoms with van der Waals surface area (Å²) in [6.45, 7) is 2.86. The van der Waals surface area contributed by atoms with Gasteiger partial charge < -0.3 is 10.6 Å². The van der Waals surface area contributed by atoms with Gasteiger partial charge in [-0.05, 0) is 37.9 Å². The Balaban J connectivity index is 1.89. The molecule has 0 amide bonds. The Morgan fingerprint density at radius 1 is 1.17 bits per heavy atom. The highest BCUT2D eigenvalue weighted by atomic mass is 15.3. The van der Waals surface area contributed by atoms with E-state index in [1.54, 1.807) is 0 Å². The number of aromatic nitrogens is 3. The van der Waals surface area contributed by atoms with Crippen molar-refractivity contribution in [3.63, 3.8) is 0 Å². The third kappa shape index (κ3) is 2.18. The number of nitrogens with two attached hydrogens (primary N) is 1. The van der Waals surface area contributed by atoms with Crippen molar-refractivity contribution < 1.29 is 0 Å². The molecule has 18 heavy (non-hydrogen) atoms. The maximum absolute atomic E-state index is 5.55. The zero-order chi connectivity index (χ0) is 12.4. The molecule has 0 spiro atoms. The summed E-state index contributed by atoms with van der Waals surface area (Å²) in [5.41, 5.74) is 7.47. The number of piperidine rings is 1. The van der Waals surface area contributed by atoms with Crippen LogP contribution < -0.4 is 10.6 Å². The Bertz CT molecular complexity index is 527. The highest BCUT2D eigenvalue weighted by Crippen LogP contribution is 2.17. The van der Waals surface area contributed by atoms with E-state index in [2.05, 4.69) is 21.0 Å². The number of anilines is 1. The molecule has 0 radical (unpaired) electrons. The van der Waals surface area contributed by atoms with Crippen molar-refractivity contribution in [2.24, 2.45) is 5.73 Å². The maximum atomic E-state index is 5.55. The average molecular weight is 245 g/mol. The molecule has 1 saturated heterocycles. The van der Waals surface area contributed by atoms with Gasteiger partial charge in [0.15, 0.2) is 5.65 Å². The third-order valence-electron chi connectivity index (χ3n) is 3.44. The summed E-state index contributed by atoms with van der Waals surface area (Å²) in [6, 6.07) is 4.11. The Labute approximate surface area is 107 Å². The molecule has 5 heteroatoms. The zero-order valence-electron chi connectivity index (χ0n) is 10.5. The monoisotopic (exact) mass is 245 g/mol. The average Bonchev–Trinajstić information content (AvgIpc) is 2.81. The summed E-state index contributed by atoms with van der Waals surface area (Å²) >= 11 is 0. The maximum Gasteiger partial charge on any atom is 0.153 e. The highest BCUT2D eigenvalue weighted by molar-refractivity contribution is 5.46. The van der Waals surface area contributed by atoms with Gasteiger partial charge in [-0.1, -0.05) is 0 Å². The fourth-order valence-corrected chi connectivity index (χ4v) is 2.48. The molecule has 1 aliphatic heterocycles. The molecule has 3 rings (SSSR count). The minimum atomic E-state index is 0.628. The van der Waals surface area contributed by atoms with Gasteiger partial charge in [0.25, 0.3) is 0 Å². The van der Waals surface area contributed by atoms with E-state index in [1.165, 1.54) is 19.3 Å². The van der Waals surface area contributed by atoms with Crippen molar-refractivity contribution in [1.29, 1.82) is 0 Å². The quantitative estimate of drug-likeness (QED) is 0.883. The van der Waals surface area contributed by atoms with Gasteiger partial charge in [-0.15, -0.1) is 5.10 Å². The fourth-order valence-electron chi connectivity index (χ4n) is 2.48. The van der Waals surface area contributed by atoms with E-state index >= 15 is 0 Å². The van der Waals surface area contributed by atoms with Crippen LogP contribution in [-0.4, -0.2) is 34.2 Å². The first-order chi connectivity index (χ1) is 8.86. The predicted molar refractivity (Wildman–Crippen MR) is 71.8 cm³/mol. The number of hydrogen-bond acceptors (Lipinski definition) is 4. The van der Waals surface area contributed by atoms with Crippen LogP contribution in [-0.2, 0) is 6.42 Å². The zero-order valence-corrected chi connectivity index (χ0v) is 10.5. The lowest BCUT2D eigenvalue weighted by atomic mass is 10.1. The van der Waals surface area contributed by atoms with Crippen LogP contribution >= 0.6 is 0 Å². The molecule has 3 heterocycles. The Kier molecular flexibility index (Phi) is 3.15. The second-order valence-electron chi connectivity index (χ2n) is 4.81. The van der Waals surface area contributed by atoms with Crippen molar-refractivity contribution in [1.82, 2.24) is 14.6 Å². The van der Waals surface area contributed by atoms with E-state index in [-0.39, 0.29) is 0 Å². The molecule has 2 N–H and O–H groups in total. The van der Waals surface area contributed by atoms with E-state index in [4.69, 9.17) is 5.73 Å². The second kappa shape index (κ2) is 4.94. The third-order valence-corrected chi connectivity index (χ3v) is 3.44. The van der Waals surface area contributed by atoms with Crippen LogP contribution in [0.3, 0.4) is 0 Å². The van der Waals surface area contributed by atoms with Gasteiger partial charge in [0.2, 0.25) is 0 Å². The van der Waals surface area contributed by atoms with Gasteiger partial charge in [0, 0.05) is 19.5 Å². The summed E-state index contributed by atoms with van der Waals surface area (Å²) in [7, 11) is 0. The van der Waals surface area contributed by atoms with E-state index < -0.39 is 0 Å². The smallest absolute Gasteiger partial charge is 0.153 e. The normalized spacial score (nSPS) is 16.4. The topological polar surface area (TPSA) is 59.5 Å². The van der Waals surface area contributed by atoms with Crippen molar-refractivity contribution in [2.45, 2.75) is 25.7 Å². The van der Waals surface area contributed by atoms with Crippen LogP contribution in [0.25, 0.3) is 5.65 Å². The first kappa shape index (κ1) is 11.5. The molecule has 0 saturated carbocycles. The molecule has 0 aromatic carbocycles. The Morgan fingerprint density at radius 3 is 2.78 bits per heavy atom. The van der Waals surface area contributed by atoms with E-state index in [0.717, 1.165) is 36.7 Å². The molecule has 0 bridgehead atoms. The van der Waals surface area contributed by atoms with E-state index in [1.807, 2.05) is 16.8 Å². The van der Waals surface area contributed by atoms with Crippen LogP contribution in [0.1, 0.15) is 25.0 Å². The van der Waals surface area contributed by atoms with Crippen LogP contribution in [0.15, 0.2) is 18.3 Å². The Hall–Kier alpha value is -1.62. The van der Waals surface area contributed by atoms with E-state index in [0.29, 0.717) is 6.54 Å². The summed E-state index contributed by atoms with van der Waals surface area (Å²) < 4.78 is 1.87. The van der Waals surface area contributed by atoms with E-state index in [9.17, 15) is 0 Å². The number of hydrogen-bond donors (Lipinski definition) is 1. The standard InChI is InChI=1S/C13H19N5/c14-7-6-11-10-18-12(15-11)4-5-13(16-18)17-8-2-1-3-9-17/h4-5,10H,1-3,6-9,14H2. The molecule has 0 unspecified atom stereocenters. The summed E-state index contributed by atoms with van der Waals surface area (Å²) in [5, 5.41) is 4.64. The Morgan fingerprint density at radius 2 is 2.00 bits per heavy atom. The lowest BCUT2D eigenvalue weighted by Gasteiger charge is -2.27. The first-order valence-corrected chi connectivity index (χ1v) is 6.67. The van der Waals surface area contributed by atoms with Gasteiger partial charge in [0.05, 0.1) is 11.9 Å². The molecule has 0 aliphatic carbocycles.